The van der Waals surface area contributed by atoms with Gasteiger partial charge < -0.3 is 5.21 Å². The van der Waals surface area contributed by atoms with E-state index in [4.69, 9.17) is 4.98 Å². The van der Waals surface area contributed by atoms with Crippen molar-refractivity contribution in [3.8, 4) is 43.4 Å². The zero-order chi connectivity index (χ0) is 32.1. The second kappa shape index (κ2) is 11.2. The smallest absolute Gasteiger partial charge is 0.181 e. The molecule has 8 nitrogen and oxygen atoms in total. The van der Waals surface area contributed by atoms with Crippen LogP contribution in [0.5, 0.6) is 0 Å². The molecule has 3 aromatic heterocycles. The second-order valence-electron chi connectivity index (χ2n) is 11.4. The Morgan fingerprint density at radius 1 is 0.778 bits per heavy atom. The van der Waals surface area contributed by atoms with Gasteiger partial charge in [-0.3, -0.25) is 4.98 Å². The summed E-state index contributed by atoms with van der Waals surface area (Å²) in [4.78, 5) is 10.7. The van der Waals surface area contributed by atoms with Crippen LogP contribution in [-0.2, 0) is 24.4 Å². The van der Waals surface area contributed by atoms with Gasteiger partial charge >= 0.3 is 0 Å². The molecule has 228 valence electrons. The van der Waals surface area contributed by atoms with Crippen molar-refractivity contribution < 1.29 is 21.6 Å². The molecule has 0 atom stereocenters. The Hall–Kier alpha value is -4.45. The summed E-state index contributed by atoms with van der Waals surface area (Å²) >= 11 is 1.46. The molecule has 45 heavy (non-hydrogen) atoms. The molecule has 0 bridgehead atoms. The predicted octanol–water partition coefficient (Wildman–Crippen LogP) is 6.68. The van der Waals surface area contributed by atoms with Gasteiger partial charge in [0, 0.05) is 52.9 Å². The fraction of sp³-hybridized carbons (Fsp3) is 0.147. The Balaban J connectivity index is 1.55. The van der Waals surface area contributed by atoms with E-state index in [-0.39, 0.29) is 4.90 Å². The Kier molecular flexibility index (Phi) is 7.59. The van der Waals surface area contributed by atoms with Crippen LogP contribution in [-0.4, -0.2) is 39.3 Å². The number of hydrogen-bond donors (Lipinski definition) is 0. The van der Waals surface area contributed by atoms with E-state index in [0.29, 0.717) is 21.0 Å². The molecule has 0 spiro atoms. The maximum Gasteiger partial charge on any atom is 0.181 e. The van der Waals surface area contributed by atoms with Crippen molar-refractivity contribution in [1.29, 1.82) is 0 Å². The van der Waals surface area contributed by atoms with Crippen LogP contribution in [0.25, 0.3) is 54.3 Å². The molecule has 11 heteroatoms. The fourth-order valence-corrected chi connectivity index (χ4v) is 7.32. The molecule has 0 aliphatic heterocycles. The number of rotatable bonds is 7. The lowest BCUT2D eigenvalue weighted by Crippen LogP contribution is -2.28. The number of nitrogens with zero attached hydrogens (tertiary/aromatic N) is 3. The van der Waals surface area contributed by atoms with E-state index in [9.17, 15) is 22.0 Å². The summed E-state index contributed by atoms with van der Waals surface area (Å²) in [6, 6.07) is 25.5. The average molecular weight is 656 g/mol. The Bertz CT molecular complexity index is 2290. The highest BCUT2D eigenvalue weighted by Gasteiger charge is 2.33. The molecule has 0 N–H and O–H groups in total. The van der Waals surface area contributed by atoms with Gasteiger partial charge in [-0.25, -0.2) is 21.8 Å². The first-order valence-corrected chi connectivity index (χ1v) is 18.5. The molecule has 6 rings (SSSR count). The Morgan fingerprint density at radius 3 is 2.13 bits per heavy atom. The minimum Gasteiger partial charge on any atom is -0.619 e. The number of hydrogen-bond acceptors (Lipinski definition) is 8. The van der Waals surface area contributed by atoms with E-state index in [1.807, 2.05) is 48.5 Å². The van der Waals surface area contributed by atoms with Crippen molar-refractivity contribution in [2.24, 2.45) is 0 Å². The highest BCUT2D eigenvalue weighted by Crippen LogP contribution is 2.43. The van der Waals surface area contributed by atoms with Gasteiger partial charge in [0.25, 0.3) is 0 Å². The zero-order valence-corrected chi connectivity index (χ0v) is 27.4. The van der Waals surface area contributed by atoms with Crippen molar-refractivity contribution in [2.75, 3.05) is 12.5 Å². The first-order chi connectivity index (χ1) is 21.2. The molecule has 6 aromatic rings. The van der Waals surface area contributed by atoms with E-state index in [1.165, 1.54) is 36.2 Å². The summed E-state index contributed by atoms with van der Waals surface area (Å²) in [5.74, 6) is 0. The minimum absolute atomic E-state index is 0.213. The van der Waals surface area contributed by atoms with Crippen LogP contribution in [0.15, 0.2) is 108 Å². The maximum absolute atomic E-state index is 12.8. The van der Waals surface area contributed by atoms with Crippen LogP contribution in [0.4, 0.5) is 0 Å². The van der Waals surface area contributed by atoms with Crippen LogP contribution in [0.1, 0.15) is 19.4 Å². The van der Waals surface area contributed by atoms with Gasteiger partial charge in [0.1, 0.15) is 5.01 Å². The third kappa shape index (κ3) is 5.86. The topological polar surface area (TPSA) is 121 Å². The number of thiazole rings is 1. The van der Waals surface area contributed by atoms with Gasteiger partial charge in [0.05, 0.1) is 25.7 Å². The normalized spacial score (nSPS) is 12.4. The van der Waals surface area contributed by atoms with Crippen molar-refractivity contribution in [1.82, 2.24) is 9.97 Å². The van der Waals surface area contributed by atoms with E-state index < -0.39 is 24.4 Å². The standard InChI is InChI=1S/C34H29N3O5S3/c1-34(2,45(4,41)42)27-20-25-9-6-16-35-30(25)29(21-27)24-7-5-8-26(19-24)32-31(22-10-12-28(13-11-22)44(3,39)40)36-33(43-32)23-14-17-37(38)18-15-23/h5-21H,1-4H3. The highest BCUT2D eigenvalue weighted by atomic mass is 32.2. The molecule has 0 aliphatic carbocycles. The molecule has 0 saturated carbocycles. The summed E-state index contributed by atoms with van der Waals surface area (Å²) < 4.78 is 49.4. The molecule has 3 aromatic carbocycles. The van der Waals surface area contributed by atoms with E-state index in [1.54, 1.807) is 56.4 Å². The lowest BCUT2D eigenvalue weighted by Gasteiger charge is -2.24. The van der Waals surface area contributed by atoms with Gasteiger partial charge in [-0.15, -0.1) is 11.3 Å². The molecule has 0 amide bonds. The average Bonchev–Trinajstić information content (AvgIpc) is 3.46. The quantitative estimate of drug-likeness (QED) is 0.139. The van der Waals surface area contributed by atoms with Gasteiger partial charge in [-0.05, 0) is 66.9 Å². The van der Waals surface area contributed by atoms with Gasteiger partial charge in [0.2, 0.25) is 0 Å². The van der Waals surface area contributed by atoms with Crippen molar-refractivity contribution >= 4 is 41.9 Å². The number of aromatic nitrogens is 3. The second-order valence-corrected chi connectivity index (χ2v) is 17.0. The molecule has 3 heterocycles. The number of benzene rings is 3. The summed E-state index contributed by atoms with van der Waals surface area (Å²) in [5.41, 5.74) is 6.11. The summed E-state index contributed by atoms with van der Waals surface area (Å²) in [7, 11) is -6.81. The van der Waals surface area contributed by atoms with Crippen LogP contribution in [0.3, 0.4) is 0 Å². The molecule has 0 saturated heterocycles. The monoisotopic (exact) mass is 655 g/mol. The first kappa shape index (κ1) is 30.6. The van der Waals surface area contributed by atoms with E-state index in [2.05, 4.69) is 4.98 Å². The Morgan fingerprint density at radius 2 is 1.47 bits per heavy atom. The third-order valence-corrected chi connectivity index (χ3v) is 12.4. The number of fused-ring (bicyclic) bond motifs is 1. The molecular weight excluding hydrogens is 627 g/mol. The van der Waals surface area contributed by atoms with E-state index in [0.717, 1.165) is 43.6 Å². The first-order valence-electron chi connectivity index (χ1n) is 13.9. The van der Waals surface area contributed by atoms with Crippen LogP contribution in [0.2, 0.25) is 0 Å². The summed E-state index contributed by atoms with van der Waals surface area (Å²) in [5, 5.41) is 13.2. The third-order valence-electron chi connectivity index (χ3n) is 7.99. The zero-order valence-electron chi connectivity index (χ0n) is 24.9. The predicted molar refractivity (Wildman–Crippen MR) is 179 cm³/mol. The lowest BCUT2D eigenvalue weighted by molar-refractivity contribution is -0.605. The Labute approximate surface area is 266 Å². The largest absolute Gasteiger partial charge is 0.619 e. The maximum atomic E-state index is 12.8. The van der Waals surface area contributed by atoms with Crippen LogP contribution in [0, 0.1) is 5.21 Å². The van der Waals surface area contributed by atoms with Gasteiger partial charge in [-0.2, -0.15) is 4.73 Å². The van der Waals surface area contributed by atoms with Crippen LogP contribution < -0.4 is 4.73 Å². The highest BCUT2D eigenvalue weighted by molar-refractivity contribution is 7.91. The van der Waals surface area contributed by atoms with E-state index >= 15 is 0 Å². The van der Waals surface area contributed by atoms with Crippen molar-refractivity contribution in [3.05, 3.63) is 114 Å². The van der Waals surface area contributed by atoms with Gasteiger partial charge in [0.15, 0.2) is 32.1 Å². The lowest BCUT2D eigenvalue weighted by atomic mass is 9.92. The molecule has 0 unspecified atom stereocenters. The van der Waals surface area contributed by atoms with Crippen molar-refractivity contribution in [2.45, 2.75) is 23.5 Å². The van der Waals surface area contributed by atoms with Gasteiger partial charge in [-0.1, -0.05) is 36.4 Å². The number of sulfone groups is 2. The summed E-state index contributed by atoms with van der Waals surface area (Å²) in [6.07, 6.45) is 6.97. The fourth-order valence-electron chi connectivity index (χ4n) is 5.05. The molecule has 0 radical (unpaired) electrons. The van der Waals surface area contributed by atoms with Crippen molar-refractivity contribution in [3.63, 3.8) is 0 Å². The molecule has 0 fully saturated rings. The minimum atomic E-state index is -3.43. The molecule has 0 aliphatic rings. The number of pyridine rings is 2. The SMILES string of the molecule is CC(C)(c1cc(-c2cccc(-c3sc(-c4cc[n+]([O-])cc4)nc3-c3ccc(S(C)(=O)=O)cc3)c2)c2ncccc2c1)S(C)(=O)=O. The van der Waals surface area contributed by atoms with Crippen LogP contribution >= 0.6 is 11.3 Å². The molecular formula is C34H29N3O5S3. The summed E-state index contributed by atoms with van der Waals surface area (Å²) in [6.45, 7) is 3.41.